The highest BCUT2D eigenvalue weighted by Crippen LogP contribution is 2.48. The van der Waals surface area contributed by atoms with E-state index in [1.165, 1.54) is 11.1 Å². The van der Waals surface area contributed by atoms with Crippen molar-refractivity contribution in [2.75, 3.05) is 0 Å². The molecule has 1 N–H and O–H groups in total. The molecule has 2 aliphatic carbocycles. The molecule has 90 valence electrons. The summed E-state index contributed by atoms with van der Waals surface area (Å²) in [6.45, 7) is 10.7. The fraction of sp³-hybridized carbons (Fsp3) is 0.733. The van der Waals surface area contributed by atoms with Gasteiger partial charge in [-0.2, -0.15) is 0 Å². The zero-order chi connectivity index (χ0) is 11.9. The molecule has 0 spiro atoms. The van der Waals surface area contributed by atoms with Crippen molar-refractivity contribution in [3.63, 3.8) is 0 Å². The first-order valence-electron chi connectivity index (χ1n) is 6.52. The van der Waals surface area contributed by atoms with Crippen molar-refractivity contribution in [1.82, 2.24) is 0 Å². The predicted molar refractivity (Wildman–Crippen MR) is 68.1 cm³/mol. The molecular weight excluding hydrogens is 196 g/mol. The molecule has 0 saturated heterocycles. The highest BCUT2D eigenvalue weighted by molar-refractivity contribution is 5.24. The molecule has 0 heterocycles. The number of aliphatic hydroxyl groups is 1. The Morgan fingerprint density at radius 1 is 1.44 bits per heavy atom. The van der Waals surface area contributed by atoms with Gasteiger partial charge in [-0.3, -0.25) is 0 Å². The lowest BCUT2D eigenvalue weighted by molar-refractivity contribution is 0.0330. The van der Waals surface area contributed by atoms with Crippen molar-refractivity contribution in [3.8, 4) is 0 Å². The maximum atomic E-state index is 10.4. The summed E-state index contributed by atoms with van der Waals surface area (Å²) in [6.07, 6.45) is 6.64. The van der Waals surface area contributed by atoms with Crippen molar-refractivity contribution in [2.45, 2.75) is 52.1 Å². The third kappa shape index (κ3) is 1.98. The molecule has 1 saturated carbocycles. The number of fused-ring (bicyclic) bond motifs is 1. The largest absolute Gasteiger partial charge is 0.390 e. The number of hydrogen-bond donors (Lipinski definition) is 1. The Kier molecular flexibility index (Phi) is 3.00. The fourth-order valence-electron chi connectivity index (χ4n) is 3.27. The summed E-state index contributed by atoms with van der Waals surface area (Å²) in [7, 11) is 0. The molecule has 3 atom stereocenters. The molecule has 0 aromatic carbocycles. The van der Waals surface area contributed by atoms with Crippen LogP contribution in [-0.4, -0.2) is 10.7 Å². The van der Waals surface area contributed by atoms with E-state index < -0.39 is 5.60 Å². The van der Waals surface area contributed by atoms with Crippen molar-refractivity contribution < 1.29 is 5.11 Å². The zero-order valence-electron chi connectivity index (χ0n) is 10.8. The Labute approximate surface area is 99.3 Å². The molecule has 1 nitrogen and oxygen atoms in total. The van der Waals surface area contributed by atoms with Crippen LogP contribution in [0.1, 0.15) is 46.5 Å². The molecule has 0 aromatic heterocycles. The van der Waals surface area contributed by atoms with Gasteiger partial charge in [-0.15, -0.1) is 0 Å². The minimum atomic E-state index is -0.516. The van der Waals surface area contributed by atoms with Crippen molar-refractivity contribution in [1.29, 1.82) is 0 Å². The van der Waals surface area contributed by atoms with E-state index in [4.69, 9.17) is 0 Å². The van der Waals surface area contributed by atoms with Crippen LogP contribution in [0.25, 0.3) is 0 Å². The molecule has 2 rings (SSSR count). The third-order valence-electron chi connectivity index (χ3n) is 4.51. The molecule has 0 aliphatic heterocycles. The zero-order valence-corrected chi connectivity index (χ0v) is 10.8. The Morgan fingerprint density at radius 3 is 2.75 bits per heavy atom. The van der Waals surface area contributed by atoms with Gasteiger partial charge in [0.15, 0.2) is 0 Å². The van der Waals surface area contributed by atoms with Gasteiger partial charge in [0.25, 0.3) is 0 Å². The lowest BCUT2D eigenvalue weighted by Crippen LogP contribution is -2.30. The van der Waals surface area contributed by atoms with E-state index >= 15 is 0 Å². The fourth-order valence-corrected chi connectivity index (χ4v) is 3.27. The quantitative estimate of drug-likeness (QED) is 0.668. The number of allylic oxidation sites excluding steroid dienone is 2. The summed E-state index contributed by atoms with van der Waals surface area (Å²) in [6, 6.07) is 0. The minimum Gasteiger partial charge on any atom is -0.390 e. The summed E-state index contributed by atoms with van der Waals surface area (Å²) in [5.74, 6) is 1.43. The standard InChI is InChI=1S/C15H24O/c1-10(2)12-6-5-11(3)13-7-8-15(4,16)14(13)9-12/h9-10,13-14,16H,3,5-8H2,1-2,4H3/t13-,14+,15-/m0/s1. The van der Waals surface area contributed by atoms with Crippen LogP contribution in [-0.2, 0) is 0 Å². The second-order valence-electron chi connectivity index (χ2n) is 6.08. The number of rotatable bonds is 1. The predicted octanol–water partition coefficient (Wildman–Crippen LogP) is 3.70. The molecular formula is C15H24O. The highest BCUT2D eigenvalue weighted by atomic mass is 16.3. The van der Waals surface area contributed by atoms with Gasteiger partial charge in [0.05, 0.1) is 5.60 Å². The van der Waals surface area contributed by atoms with Gasteiger partial charge in [-0.1, -0.05) is 37.6 Å². The van der Waals surface area contributed by atoms with Crippen LogP contribution in [0.15, 0.2) is 23.8 Å². The van der Waals surface area contributed by atoms with Crippen molar-refractivity contribution in [2.24, 2.45) is 17.8 Å². The average Bonchev–Trinajstić information content (AvgIpc) is 2.38. The summed E-state index contributed by atoms with van der Waals surface area (Å²) >= 11 is 0. The van der Waals surface area contributed by atoms with Crippen LogP contribution in [0.5, 0.6) is 0 Å². The van der Waals surface area contributed by atoms with Crippen LogP contribution >= 0.6 is 0 Å². The first-order valence-corrected chi connectivity index (χ1v) is 6.52. The molecule has 0 aromatic rings. The maximum Gasteiger partial charge on any atom is 0.0688 e. The number of hydrogen-bond acceptors (Lipinski definition) is 1. The molecule has 1 heteroatoms. The minimum absolute atomic E-state index is 0.305. The molecule has 0 radical (unpaired) electrons. The van der Waals surface area contributed by atoms with Gasteiger partial charge in [0.2, 0.25) is 0 Å². The lowest BCUT2D eigenvalue weighted by Gasteiger charge is -2.27. The molecule has 0 amide bonds. The first kappa shape index (κ1) is 11.9. The van der Waals surface area contributed by atoms with Gasteiger partial charge in [-0.05, 0) is 44.4 Å². The summed E-state index contributed by atoms with van der Waals surface area (Å²) in [4.78, 5) is 0. The summed E-state index contributed by atoms with van der Waals surface area (Å²) in [5.41, 5.74) is 2.35. The van der Waals surface area contributed by atoms with Gasteiger partial charge in [-0.25, -0.2) is 0 Å². The molecule has 16 heavy (non-hydrogen) atoms. The van der Waals surface area contributed by atoms with Crippen LogP contribution in [0, 0.1) is 17.8 Å². The van der Waals surface area contributed by atoms with E-state index in [0.717, 1.165) is 25.7 Å². The van der Waals surface area contributed by atoms with Crippen LogP contribution < -0.4 is 0 Å². The van der Waals surface area contributed by atoms with Gasteiger partial charge in [0, 0.05) is 5.92 Å². The SMILES string of the molecule is C=C1CCC(C(C)C)=C[C@@H]2[C@H]1CC[C@]2(C)O. The second kappa shape index (κ2) is 4.03. The Hall–Kier alpha value is -0.560. The van der Waals surface area contributed by atoms with Gasteiger partial charge in [0.1, 0.15) is 0 Å². The monoisotopic (exact) mass is 220 g/mol. The molecule has 0 bridgehead atoms. The molecule has 0 unspecified atom stereocenters. The maximum absolute atomic E-state index is 10.4. The molecule has 1 fully saturated rings. The van der Waals surface area contributed by atoms with Gasteiger partial charge >= 0.3 is 0 Å². The van der Waals surface area contributed by atoms with E-state index in [1.54, 1.807) is 0 Å². The van der Waals surface area contributed by atoms with Crippen LogP contribution in [0.2, 0.25) is 0 Å². The summed E-state index contributed by atoms with van der Waals surface area (Å²) < 4.78 is 0. The van der Waals surface area contributed by atoms with Gasteiger partial charge < -0.3 is 5.11 Å². The van der Waals surface area contributed by atoms with E-state index in [0.29, 0.717) is 17.8 Å². The van der Waals surface area contributed by atoms with Crippen LogP contribution in [0.4, 0.5) is 0 Å². The van der Waals surface area contributed by atoms with Crippen LogP contribution in [0.3, 0.4) is 0 Å². The smallest absolute Gasteiger partial charge is 0.0688 e. The second-order valence-corrected chi connectivity index (χ2v) is 6.08. The topological polar surface area (TPSA) is 20.2 Å². The van der Waals surface area contributed by atoms with Crippen molar-refractivity contribution in [3.05, 3.63) is 23.8 Å². The lowest BCUT2D eigenvalue weighted by atomic mass is 9.83. The summed E-state index contributed by atoms with van der Waals surface area (Å²) in [5, 5.41) is 10.4. The Bertz CT molecular complexity index is 322. The normalized spacial score (nSPS) is 39.6. The third-order valence-corrected chi connectivity index (χ3v) is 4.51. The van der Waals surface area contributed by atoms with E-state index in [1.807, 2.05) is 6.92 Å². The van der Waals surface area contributed by atoms with E-state index in [9.17, 15) is 5.11 Å². The first-order chi connectivity index (χ1) is 7.42. The molecule has 2 aliphatic rings. The van der Waals surface area contributed by atoms with E-state index in [-0.39, 0.29) is 0 Å². The average molecular weight is 220 g/mol. The Balaban J connectivity index is 2.33. The highest BCUT2D eigenvalue weighted by Gasteiger charge is 2.44. The Morgan fingerprint density at radius 2 is 2.12 bits per heavy atom. The van der Waals surface area contributed by atoms with E-state index in [2.05, 4.69) is 26.5 Å². The van der Waals surface area contributed by atoms with Crippen molar-refractivity contribution >= 4 is 0 Å².